The van der Waals surface area contributed by atoms with E-state index in [4.69, 9.17) is 0 Å². The second kappa shape index (κ2) is 5.18. The summed E-state index contributed by atoms with van der Waals surface area (Å²) in [5.74, 6) is -0.514. The maximum atomic E-state index is 13.3. The van der Waals surface area contributed by atoms with Crippen LogP contribution in [-0.4, -0.2) is 11.3 Å². The minimum atomic E-state index is -0.460. The quantitative estimate of drug-likeness (QED) is 0.661. The van der Waals surface area contributed by atoms with Gasteiger partial charge in [-0.1, -0.05) is 12.1 Å². The van der Waals surface area contributed by atoms with Crippen LogP contribution in [0, 0.1) is 10.7 Å². The molecule has 0 heterocycles. The highest BCUT2D eigenvalue weighted by Gasteiger charge is 2.02. The van der Waals surface area contributed by atoms with Gasteiger partial charge in [-0.3, -0.25) is 4.99 Å². The third-order valence-electron chi connectivity index (χ3n) is 2.31. The number of para-hydroxylation sites is 1. The summed E-state index contributed by atoms with van der Waals surface area (Å²) in [7, 11) is 0. The van der Waals surface area contributed by atoms with Crippen molar-refractivity contribution < 1.29 is 9.50 Å². The Morgan fingerprint density at radius 3 is 2.67 bits per heavy atom. The first kappa shape index (κ1) is 11.9. The molecule has 1 N–H and O–H groups in total. The molecule has 0 bridgehead atoms. The first-order valence-corrected chi connectivity index (χ1v) is 5.15. The lowest BCUT2D eigenvalue weighted by molar-refractivity contribution is 0.474. The first-order chi connectivity index (χ1) is 8.70. The topological polar surface area (TPSA) is 62.0 Å². The number of nitrogens with zero attached hydrogens (tertiary/aromatic N) is 2. The molecule has 0 aliphatic heterocycles. The van der Waals surface area contributed by atoms with E-state index in [1.54, 1.807) is 12.1 Å². The zero-order chi connectivity index (χ0) is 13.0. The number of benzene rings is 2. The minimum Gasteiger partial charge on any atom is -0.507 e. The van der Waals surface area contributed by atoms with E-state index in [2.05, 4.69) is 10.2 Å². The Labute approximate surface area is 102 Å². The van der Waals surface area contributed by atoms with Crippen molar-refractivity contribution in [3.05, 3.63) is 58.8 Å². The van der Waals surface area contributed by atoms with Crippen molar-refractivity contribution in [3.8, 4) is 5.75 Å². The van der Waals surface area contributed by atoms with E-state index >= 15 is 0 Å². The molecule has 0 atom stereocenters. The van der Waals surface area contributed by atoms with Crippen LogP contribution in [-0.2, 0) is 0 Å². The number of rotatable bonds is 3. The van der Waals surface area contributed by atoms with E-state index in [0.717, 1.165) is 0 Å². The van der Waals surface area contributed by atoms with Gasteiger partial charge >= 0.3 is 0 Å². The Hall–Kier alpha value is -2.56. The van der Waals surface area contributed by atoms with Gasteiger partial charge in [0.25, 0.3) is 0 Å². The molecule has 2 rings (SSSR count). The fourth-order valence-electron chi connectivity index (χ4n) is 1.40. The van der Waals surface area contributed by atoms with E-state index in [0.29, 0.717) is 5.56 Å². The SMILES string of the molecule is O=Nc1ccc(O)c(C=Nc2ccccc2F)c1. The molecule has 0 aliphatic carbocycles. The van der Waals surface area contributed by atoms with E-state index in [1.165, 1.54) is 36.5 Å². The average Bonchev–Trinajstić information content (AvgIpc) is 2.39. The number of phenolic OH excluding ortho intramolecular Hbond substituents is 1. The maximum Gasteiger partial charge on any atom is 0.148 e. The van der Waals surface area contributed by atoms with Crippen LogP contribution >= 0.6 is 0 Å². The van der Waals surface area contributed by atoms with Gasteiger partial charge in [-0.15, -0.1) is 4.91 Å². The summed E-state index contributed by atoms with van der Waals surface area (Å²) in [5, 5.41) is 12.3. The molecule has 0 amide bonds. The zero-order valence-electron chi connectivity index (χ0n) is 9.25. The van der Waals surface area contributed by atoms with Gasteiger partial charge in [-0.2, -0.15) is 0 Å². The summed E-state index contributed by atoms with van der Waals surface area (Å²) < 4.78 is 13.3. The van der Waals surface area contributed by atoms with E-state index in [-0.39, 0.29) is 17.1 Å². The predicted octanol–water partition coefficient (Wildman–Crippen LogP) is 3.68. The largest absolute Gasteiger partial charge is 0.507 e. The molecular weight excluding hydrogens is 235 g/mol. The van der Waals surface area contributed by atoms with Gasteiger partial charge in [0.05, 0.1) is 5.69 Å². The maximum absolute atomic E-state index is 13.3. The molecule has 0 aromatic heterocycles. The monoisotopic (exact) mass is 244 g/mol. The molecule has 18 heavy (non-hydrogen) atoms. The van der Waals surface area contributed by atoms with Crippen LogP contribution in [0.3, 0.4) is 0 Å². The standard InChI is InChI=1S/C13H9FN2O2/c14-11-3-1-2-4-12(11)15-8-9-7-10(16-18)5-6-13(9)17/h1-8,17H. The highest BCUT2D eigenvalue weighted by atomic mass is 19.1. The lowest BCUT2D eigenvalue weighted by Gasteiger charge is -1.99. The van der Waals surface area contributed by atoms with Crippen molar-refractivity contribution in [2.45, 2.75) is 0 Å². The second-order valence-electron chi connectivity index (χ2n) is 3.54. The smallest absolute Gasteiger partial charge is 0.148 e. The minimum absolute atomic E-state index is 0.0533. The number of aromatic hydroxyl groups is 1. The summed E-state index contributed by atoms with van der Waals surface area (Å²) in [6.07, 6.45) is 1.28. The van der Waals surface area contributed by atoms with Crippen molar-refractivity contribution in [2.24, 2.45) is 10.2 Å². The summed E-state index contributed by atoms with van der Waals surface area (Å²) in [6, 6.07) is 10.1. The Balaban J connectivity index is 2.34. The Morgan fingerprint density at radius 1 is 1.17 bits per heavy atom. The van der Waals surface area contributed by atoms with Gasteiger partial charge in [0.15, 0.2) is 0 Å². The van der Waals surface area contributed by atoms with E-state index in [1.807, 2.05) is 0 Å². The highest BCUT2D eigenvalue weighted by Crippen LogP contribution is 2.23. The van der Waals surface area contributed by atoms with Crippen LogP contribution in [0.4, 0.5) is 15.8 Å². The number of phenols is 1. The van der Waals surface area contributed by atoms with Gasteiger partial charge in [0, 0.05) is 11.8 Å². The lowest BCUT2D eigenvalue weighted by atomic mass is 10.2. The fourth-order valence-corrected chi connectivity index (χ4v) is 1.40. The predicted molar refractivity (Wildman–Crippen MR) is 67.2 cm³/mol. The number of aliphatic imine (C=N–C) groups is 1. The summed E-state index contributed by atoms with van der Waals surface area (Å²) in [6.45, 7) is 0. The van der Waals surface area contributed by atoms with Crippen molar-refractivity contribution in [2.75, 3.05) is 0 Å². The van der Waals surface area contributed by atoms with Gasteiger partial charge in [0.1, 0.15) is 17.3 Å². The van der Waals surface area contributed by atoms with Crippen molar-refractivity contribution in [1.82, 2.24) is 0 Å². The molecule has 0 saturated heterocycles. The third-order valence-corrected chi connectivity index (χ3v) is 2.31. The average molecular weight is 244 g/mol. The summed E-state index contributed by atoms with van der Waals surface area (Å²) in [4.78, 5) is 14.3. The normalized spacial score (nSPS) is 10.7. The highest BCUT2D eigenvalue weighted by molar-refractivity contribution is 5.86. The van der Waals surface area contributed by atoms with Crippen LogP contribution in [0.5, 0.6) is 5.75 Å². The van der Waals surface area contributed by atoms with Crippen LogP contribution in [0.2, 0.25) is 0 Å². The molecule has 0 fully saturated rings. The van der Waals surface area contributed by atoms with Gasteiger partial charge in [-0.25, -0.2) is 4.39 Å². The van der Waals surface area contributed by atoms with Crippen LogP contribution in [0.15, 0.2) is 52.6 Å². The molecule has 0 spiro atoms. The molecule has 5 heteroatoms. The van der Waals surface area contributed by atoms with Gasteiger partial charge in [0.2, 0.25) is 0 Å². The van der Waals surface area contributed by atoms with E-state index in [9.17, 15) is 14.4 Å². The molecule has 0 saturated carbocycles. The Kier molecular flexibility index (Phi) is 3.43. The number of nitroso groups, excluding NO2 is 1. The number of halogens is 1. The van der Waals surface area contributed by atoms with E-state index < -0.39 is 5.82 Å². The molecule has 2 aromatic carbocycles. The van der Waals surface area contributed by atoms with Crippen LogP contribution in [0.25, 0.3) is 0 Å². The molecule has 2 aromatic rings. The van der Waals surface area contributed by atoms with Crippen molar-refractivity contribution in [3.63, 3.8) is 0 Å². The van der Waals surface area contributed by atoms with Crippen molar-refractivity contribution >= 4 is 17.6 Å². The van der Waals surface area contributed by atoms with Crippen LogP contribution in [0.1, 0.15) is 5.56 Å². The van der Waals surface area contributed by atoms with Gasteiger partial charge < -0.3 is 5.11 Å². The molecular formula is C13H9FN2O2. The number of hydrogen-bond acceptors (Lipinski definition) is 4. The Bertz CT molecular complexity index is 612. The molecule has 4 nitrogen and oxygen atoms in total. The molecule has 90 valence electrons. The molecule has 0 unspecified atom stereocenters. The first-order valence-electron chi connectivity index (χ1n) is 5.15. The second-order valence-corrected chi connectivity index (χ2v) is 3.54. The Morgan fingerprint density at radius 2 is 1.94 bits per heavy atom. The lowest BCUT2D eigenvalue weighted by Crippen LogP contribution is -1.83. The third kappa shape index (κ3) is 2.57. The zero-order valence-corrected chi connectivity index (χ0v) is 9.25. The van der Waals surface area contributed by atoms with Crippen LogP contribution < -0.4 is 0 Å². The summed E-state index contributed by atoms with van der Waals surface area (Å²) >= 11 is 0. The fraction of sp³-hybridized carbons (Fsp3) is 0. The van der Waals surface area contributed by atoms with Gasteiger partial charge in [-0.05, 0) is 35.5 Å². The van der Waals surface area contributed by atoms with Crippen molar-refractivity contribution in [1.29, 1.82) is 0 Å². The number of hydrogen-bond donors (Lipinski definition) is 1. The molecule has 0 radical (unpaired) electrons. The molecule has 0 aliphatic rings. The summed E-state index contributed by atoms with van der Waals surface area (Å²) in [5.41, 5.74) is 0.625.